The normalized spacial score (nSPS) is 18.1. The van der Waals surface area contributed by atoms with Crippen molar-refractivity contribution in [3.63, 3.8) is 0 Å². The van der Waals surface area contributed by atoms with Gasteiger partial charge in [0.1, 0.15) is 0 Å². The summed E-state index contributed by atoms with van der Waals surface area (Å²) in [5.41, 5.74) is 6.80. The van der Waals surface area contributed by atoms with E-state index < -0.39 is 0 Å². The first-order chi connectivity index (χ1) is 11.6. The van der Waals surface area contributed by atoms with Crippen LogP contribution >= 0.6 is 11.6 Å². The van der Waals surface area contributed by atoms with Crippen LogP contribution in [0.5, 0.6) is 0 Å². The van der Waals surface area contributed by atoms with Gasteiger partial charge in [-0.3, -0.25) is 4.90 Å². The Morgan fingerprint density at radius 2 is 1.88 bits per heavy atom. The van der Waals surface area contributed by atoms with Crippen molar-refractivity contribution in [3.8, 4) is 5.69 Å². The summed E-state index contributed by atoms with van der Waals surface area (Å²) < 4.78 is 2.45. The third kappa shape index (κ3) is 2.37. The lowest BCUT2D eigenvalue weighted by Crippen LogP contribution is -2.32. The molecule has 124 valence electrons. The first-order valence-electron chi connectivity index (χ1n) is 8.70. The number of fused-ring (bicyclic) bond motifs is 3. The summed E-state index contributed by atoms with van der Waals surface area (Å²) in [6.07, 6.45) is 2.23. The molecule has 2 nitrogen and oxygen atoms in total. The lowest BCUT2D eigenvalue weighted by Gasteiger charge is -2.33. The highest BCUT2D eigenvalue weighted by Gasteiger charge is 2.30. The van der Waals surface area contributed by atoms with E-state index in [0.29, 0.717) is 6.04 Å². The van der Waals surface area contributed by atoms with Gasteiger partial charge in [-0.25, -0.2) is 0 Å². The average Bonchev–Trinajstić information content (AvgIpc) is 2.89. The fraction of sp³-hybridized carbons (Fsp3) is 0.333. The van der Waals surface area contributed by atoms with Crippen molar-refractivity contribution in [2.75, 3.05) is 13.6 Å². The minimum absolute atomic E-state index is 0.456. The van der Waals surface area contributed by atoms with Crippen LogP contribution < -0.4 is 0 Å². The number of nitrogens with zero attached hydrogens (tertiary/aromatic N) is 2. The molecule has 4 rings (SSSR count). The molecule has 1 aliphatic rings. The summed E-state index contributed by atoms with van der Waals surface area (Å²) in [5.74, 6) is 0. The van der Waals surface area contributed by atoms with Crippen LogP contribution in [0.4, 0.5) is 0 Å². The second-order valence-corrected chi connectivity index (χ2v) is 7.29. The van der Waals surface area contributed by atoms with Gasteiger partial charge in [0.2, 0.25) is 0 Å². The number of halogens is 1. The molecule has 0 spiro atoms. The Bertz CT molecular complexity index is 892. The minimum Gasteiger partial charge on any atom is -0.312 e. The molecule has 1 aromatic heterocycles. The maximum absolute atomic E-state index is 6.12. The topological polar surface area (TPSA) is 8.17 Å². The zero-order valence-corrected chi connectivity index (χ0v) is 15.3. The molecular formula is C21H23ClN2. The van der Waals surface area contributed by atoms with E-state index in [1.54, 1.807) is 0 Å². The standard InChI is InChI=1S/C21H23ClN2/c1-4-19-21-17(11-12-23(19)3)18-13-14(2)5-10-20(18)24(21)16-8-6-15(22)7-9-16/h5-10,13,19H,4,11-12H2,1-3H3. The van der Waals surface area contributed by atoms with E-state index in [0.717, 1.165) is 24.4 Å². The second-order valence-electron chi connectivity index (χ2n) is 6.85. The summed E-state index contributed by atoms with van der Waals surface area (Å²) in [4.78, 5) is 2.49. The van der Waals surface area contributed by atoms with Gasteiger partial charge in [-0.05, 0) is 68.8 Å². The van der Waals surface area contributed by atoms with E-state index in [1.807, 2.05) is 12.1 Å². The summed E-state index contributed by atoms with van der Waals surface area (Å²) in [6.45, 7) is 5.59. The van der Waals surface area contributed by atoms with Crippen LogP contribution in [0.1, 0.15) is 36.2 Å². The number of benzene rings is 2. The van der Waals surface area contributed by atoms with Crippen molar-refractivity contribution in [1.82, 2.24) is 9.47 Å². The molecule has 1 aliphatic heterocycles. The smallest absolute Gasteiger partial charge is 0.0535 e. The molecule has 0 amide bonds. The van der Waals surface area contributed by atoms with Crippen molar-refractivity contribution < 1.29 is 0 Å². The van der Waals surface area contributed by atoms with Gasteiger partial charge in [-0.1, -0.05) is 30.2 Å². The van der Waals surface area contributed by atoms with Crippen LogP contribution in [0.15, 0.2) is 42.5 Å². The minimum atomic E-state index is 0.456. The van der Waals surface area contributed by atoms with E-state index in [-0.39, 0.29) is 0 Å². The maximum atomic E-state index is 6.12. The van der Waals surface area contributed by atoms with Crippen LogP contribution in [0.2, 0.25) is 5.02 Å². The number of aromatic nitrogens is 1. The third-order valence-corrected chi connectivity index (χ3v) is 5.55. The number of hydrogen-bond acceptors (Lipinski definition) is 1. The molecule has 0 N–H and O–H groups in total. The molecule has 2 aromatic carbocycles. The van der Waals surface area contributed by atoms with Gasteiger partial charge in [0.15, 0.2) is 0 Å². The molecule has 3 aromatic rings. The van der Waals surface area contributed by atoms with Crippen molar-refractivity contribution in [2.24, 2.45) is 0 Å². The van der Waals surface area contributed by atoms with Crippen molar-refractivity contribution in [2.45, 2.75) is 32.7 Å². The summed E-state index contributed by atoms with van der Waals surface area (Å²) in [5, 5.41) is 2.19. The van der Waals surface area contributed by atoms with Gasteiger partial charge in [0, 0.05) is 28.3 Å². The first kappa shape index (κ1) is 15.7. The molecule has 0 saturated carbocycles. The van der Waals surface area contributed by atoms with E-state index in [9.17, 15) is 0 Å². The Morgan fingerprint density at radius 3 is 2.58 bits per heavy atom. The molecule has 0 saturated heterocycles. The van der Waals surface area contributed by atoms with Crippen LogP contribution in [0.3, 0.4) is 0 Å². The second kappa shape index (κ2) is 5.94. The molecule has 1 unspecified atom stereocenters. The first-order valence-corrected chi connectivity index (χ1v) is 9.08. The monoisotopic (exact) mass is 338 g/mol. The fourth-order valence-electron chi connectivity index (χ4n) is 4.13. The Balaban J connectivity index is 2.07. The molecule has 1 atom stereocenters. The lowest BCUT2D eigenvalue weighted by atomic mass is 9.95. The van der Waals surface area contributed by atoms with Crippen molar-refractivity contribution >= 4 is 22.5 Å². The molecule has 0 fully saturated rings. The van der Waals surface area contributed by atoms with Gasteiger partial charge in [0.05, 0.1) is 11.6 Å². The Hall–Kier alpha value is -1.77. The fourth-order valence-corrected chi connectivity index (χ4v) is 4.25. The highest BCUT2D eigenvalue weighted by molar-refractivity contribution is 6.30. The molecule has 0 radical (unpaired) electrons. The Kier molecular flexibility index (Phi) is 3.90. The molecular weight excluding hydrogens is 316 g/mol. The summed E-state index contributed by atoms with van der Waals surface area (Å²) in [7, 11) is 2.24. The van der Waals surface area contributed by atoms with Gasteiger partial charge in [0.25, 0.3) is 0 Å². The van der Waals surface area contributed by atoms with Crippen molar-refractivity contribution in [1.29, 1.82) is 0 Å². The SMILES string of the molecule is CCC1c2c(c3cc(C)ccc3n2-c2ccc(Cl)cc2)CCN1C. The van der Waals surface area contributed by atoms with E-state index in [2.05, 4.69) is 60.7 Å². The van der Waals surface area contributed by atoms with E-state index >= 15 is 0 Å². The highest BCUT2D eigenvalue weighted by Crippen LogP contribution is 2.40. The summed E-state index contributed by atoms with van der Waals surface area (Å²) in [6, 6.07) is 15.5. The van der Waals surface area contributed by atoms with Crippen LogP contribution in [-0.4, -0.2) is 23.1 Å². The number of aryl methyl sites for hydroxylation is 1. The predicted molar refractivity (Wildman–Crippen MR) is 102 cm³/mol. The lowest BCUT2D eigenvalue weighted by molar-refractivity contribution is 0.219. The van der Waals surface area contributed by atoms with E-state index in [1.165, 1.54) is 33.4 Å². The van der Waals surface area contributed by atoms with Crippen LogP contribution in [-0.2, 0) is 6.42 Å². The van der Waals surface area contributed by atoms with Gasteiger partial charge >= 0.3 is 0 Å². The Morgan fingerprint density at radius 1 is 1.12 bits per heavy atom. The van der Waals surface area contributed by atoms with Gasteiger partial charge in [-0.15, -0.1) is 0 Å². The Labute approximate surface area is 148 Å². The zero-order chi connectivity index (χ0) is 16.8. The van der Waals surface area contributed by atoms with Crippen LogP contribution in [0, 0.1) is 6.92 Å². The molecule has 0 bridgehead atoms. The number of likely N-dealkylation sites (N-methyl/N-ethyl adjacent to an activating group) is 1. The van der Waals surface area contributed by atoms with Gasteiger partial charge in [-0.2, -0.15) is 0 Å². The number of rotatable bonds is 2. The highest BCUT2D eigenvalue weighted by atomic mass is 35.5. The zero-order valence-electron chi connectivity index (χ0n) is 14.5. The maximum Gasteiger partial charge on any atom is 0.0535 e. The predicted octanol–water partition coefficient (Wildman–Crippen LogP) is 5.53. The summed E-state index contributed by atoms with van der Waals surface area (Å²) >= 11 is 6.12. The number of hydrogen-bond donors (Lipinski definition) is 0. The van der Waals surface area contributed by atoms with E-state index in [4.69, 9.17) is 11.6 Å². The quantitative estimate of drug-likeness (QED) is 0.596. The molecule has 2 heterocycles. The molecule has 24 heavy (non-hydrogen) atoms. The molecule has 3 heteroatoms. The molecule has 0 aliphatic carbocycles. The average molecular weight is 339 g/mol. The van der Waals surface area contributed by atoms with Crippen LogP contribution in [0.25, 0.3) is 16.6 Å². The van der Waals surface area contributed by atoms with Crippen molar-refractivity contribution in [3.05, 3.63) is 64.3 Å². The third-order valence-electron chi connectivity index (χ3n) is 5.30. The van der Waals surface area contributed by atoms with Gasteiger partial charge < -0.3 is 4.57 Å². The largest absolute Gasteiger partial charge is 0.312 e.